The van der Waals surface area contributed by atoms with E-state index in [0.29, 0.717) is 41.1 Å². The molecule has 4 heteroatoms. The zero-order chi connectivity index (χ0) is 26.4. The van der Waals surface area contributed by atoms with Gasteiger partial charge in [0.25, 0.3) is 0 Å². The third-order valence-electron chi connectivity index (χ3n) is 11.3. The maximum Gasteiger partial charge on any atom is 0.338 e. The number of esters is 2. The average molecular weight is 507 g/mol. The van der Waals surface area contributed by atoms with E-state index >= 15 is 0 Å². The minimum absolute atomic E-state index is 0.0319. The van der Waals surface area contributed by atoms with Crippen molar-refractivity contribution in [3.8, 4) is 0 Å². The van der Waals surface area contributed by atoms with Gasteiger partial charge in [-0.2, -0.15) is 0 Å². The van der Waals surface area contributed by atoms with Crippen molar-refractivity contribution in [2.75, 3.05) is 7.11 Å². The van der Waals surface area contributed by atoms with Gasteiger partial charge in [0.1, 0.15) is 6.10 Å². The number of hydrogen-bond acceptors (Lipinski definition) is 4. The Balaban J connectivity index is 1.26. The summed E-state index contributed by atoms with van der Waals surface area (Å²) in [5.74, 6) is 3.03. The zero-order valence-electron chi connectivity index (χ0n) is 23.6. The molecule has 4 aliphatic rings. The van der Waals surface area contributed by atoms with Gasteiger partial charge in [-0.25, -0.2) is 4.79 Å². The largest absolute Gasteiger partial charge is 0.469 e. The first-order valence-corrected chi connectivity index (χ1v) is 14.7. The van der Waals surface area contributed by atoms with Gasteiger partial charge in [0.2, 0.25) is 0 Å². The van der Waals surface area contributed by atoms with Crippen LogP contribution in [0.3, 0.4) is 0 Å². The van der Waals surface area contributed by atoms with Crippen LogP contribution in [-0.2, 0) is 14.3 Å². The van der Waals surface area contributed by atoms with E-state index in [-0.39, 0.29) is 23.5 Å². The summed E-state index contributed by atoms with van der Waals surface area (Å²) in [6.45, 7) is 9.46. The summed E-state index contributed by atoms with van der Waals surface area (Å²) in [5, 5.41) is 0. The fourth-order valence-electron chi connectivity index (χ4n) is 9.13. The third-order valence-corrected chi connectivity index (χ3v) is 11.3. The van der Waals surface area contributed by atoms with E-state index < -0.39 is 0 Å². The molecule has 1 aromatic rings. The van der Waals surface area contributed by atoms with E-state index in [4.69, 9.17) is 9.47 Å². The van der Waals surface area contributed by atoms with Crippen molar-refractivity contribution in [1.29, 1.82) is 0 Å². The lowest BCUT2D eigenvalue weighted by Gasteiger charge is -2.57. The molecule has 4 nitrogen and oxygen atoms in total. The SMILES string of the molecule is COC(=O)CC[C@@H](C)C1CC[C@H]2[C@@H]3CC[C@H]4C[C@H](OC(=O)c5ccc(C)cc5)CC[C@]4(C)C3=CC[C@]12C. The Labute approximate surface area is 223 Å². The number of allylic oxidation sites excluding steroid dienone is 2. The molecule has 3 fully saturated rings. The molecule has 0 aromatic heterocycles. The van der Waals surface area contributed by atoms with Crippen molar-refractivity contribution < 1.29 is 19.1 Å². The standard InChI is InChI=1S/C33H46O4/c1-21-6-9-23(10-7-21)31(35)37-25-16-18-32(3)24(20-25)11-12-26-28-14-13-27(22(2)8-15-30(34)36-5)33(28,4)19-17-29(26)32/h6-7,9-10,17,22,24-28H,8,11-16,18-20H2,1-5H3/t22-,24+,25-,26+,27?,28+,32+,33-/m1/s1. The normalized spacial score (nSPS) is 37.4. The Hall–Kier alpha value is -2.10. The van der Waals surface area contributed by atoms with Crippen LogP contribution in [0.2, 0.25) is 0 Å². The second-order valence-electron chi connectivity index (χ2n) is 13.2. The van der Waals surface area contributed by atoms with Gasteiger partial charge >= 0.3 is 11.9 Å². The Bertz CT molecular complexity index is 1040. The predicted molar refractivity (Wildman–Crippen MR) is 146 cm³/mol. The minimum atomic E-state index is -0.173. The van der Waals surface area contributed by atoms with Crippen molar-refractivity contribution in [3.63, 3.8) is 0 Å². The zero-order valence-corrected chi connectivity index (χ0v) is 23.6. The predicted octanol–water partition coefficient (Wildman–Crippen LogP) is 7.69. The van der Waals surface area contributed by atoms with Gasteiger partial charge < -0.3 is 9.47 Å². The lowest BCUT2D eigenvalue weighted by molar-refractivity contribution is -0.141. The number of rotatable bonds is 6. The lowest BCUT2D eigenvalue weighted by atomic mass is 9.48. The molecule has 0 heterocycles. The molecule has 3 saturated carbocycles. The highest BCUT2D eigenvalue weighted by molar-refractivity contribution is 5.89. The molecule has 1 aromatic carbocycles. The fourth-order valence-corrected chi connectivity index (χ4v) is 9.13. The molecule has 202 valence electrons. The molecule has 8 atom stereocenters. The van der Waals surface area contributed by atoms with Crippen LogP contribution in [0, 0.1) is 47.3 Å². The van der Waals surface area contributed by atoms with Crippen LogP contribution in [0.4, 0.5) is 0 Å². The van der Waals surface area contributed by atoms with Crippen LogP contribution in [-0.4, -0.2) is 25.2 Å². The molecular formula is C33H46O4. The number of ether oxygens (including phenoxy) is 2. The van der Waals surface area contributed by atoms with E-state index in [1.807, 2.05) is 31.2 Å². The Morgan fingerprint density at radius 3 is 2.54 bits per heavy atom. The molecule has 5 rings (SSSR count). The summed E-state index contributed by atoms with van der Waals surface area (Å²) < 4.78 is 10.9. The van der Waals surface area contributed by atoms with Gasteiger partial charge in [0.15, 0.2) is 0 Å². The van der Waals surface area contributed by atoms with Gasteiger partial charge in [-0.05, 0) is 117 Å². The molecule has 1 unspecified atom stereocenters. The number of aryl methyl sites for hydroxylation is 1. The van der Waals surface area contributed by atoms with Crippen LogP contribution in [0.5, 0.6) is 0 Å². The van der Waals surface area contributed by atoms with Gasteiger partial charge in [-0.1, -0.05) is 50.1 Å². The summed E-state index contributed by atoms with van der Waals surface area (Å²) in [7, 11) is 1.49. The molecule has 0 bridgehead atoms. The average Bonchev–Trinajstić information content (AvgIpc) is 3.25. The Kier molecular flexibility index (Phi) is 7.33. The van der Waals surface area contributed by atoms with E-state index in [9.17, 15) is 9.59 Å². The Morgan fingerprint density at radius 1 is 1.05 bits per heavy atom. The van der Waals surface area contributed by atoms with Crippen molar-refractivity contribution in [2.45, 2.75) is 98.0 Å². The number of hydrogen-bond donors (Lipinski definition) is 0. The van der Waals surface area contributed by atoms with Crippen LogP contribution >= 0.6 is 0 Å². The van der Waals surface area contributed by atoms with Gasteiger partial charge in [0.05, 0.1) is 12.7 Å². The first kappa shape index (κ1) is 26.5. The molecule has 0 saturated heterocycles. The molecule has 0 spiro atoms. The molecule has 37 heavy (non-hydrogen) atoms. The summed E-state index contributed by atoms with van der Waals surface area (Å²) >= 11 is 0. The highest BCUT2D eigenvalue weighted by atomic mass is 16.5. The topological polar surface area (TPSA) is 52.6 Å². The number of carbonyl (C=O) groups excluding carboxylic acids is 2. The molecule has 0 N–H and O–H groups in total. The third kappa shape index (κ3) is 4.79. The quantitative estimate of drug-likeness (QED) is 0.293. The number of benzene rings is 1. The summed E-state index contributed by atoms with van der Waals surface area (Å²) in [6, 6.07) is 7.72. The number of fused-ring (bicyclic) bond motifs is 5. The minimum Gasteiger partial charge on any atom is -0.469 e. The monoisotopic (exact) mass is 506 g/mol. The van der Waals surface area contributed by atoms with Crippen LogP contribution in [0.1, 0.15) is 101 Å². The van der Waals surface area contributed by atoms with Crippen molar-refractivity contribution in [2.24, 2.45) is 40.4 Å². The highest BCUT2D eigenvalue weighted by Gasteiger charge is 2.57. The second-order valence-corrected chi connectivity index (χ2v) is 13.2. The smallest absolute Gasteiger partial charge is 0.338 e. The van der Waals surface area contributed by atoms with Gasteiger partial charge in [0, 0.05) is 6.42 Å². The summed E-state index contributed by atoms with van der Waals surface area (Å²) in [5.41, 5.74) is 4.13. The van der Waals surface area contributed by atoms with Crippen molar-refractivity contribution in [3.05, 3.63) is 47.0 Å². The van der Waals surface area contributed by atoms with E-state index in [2.05, 4.69) is 26.8 Å². The maximum absolute atomic E-state index is 12.8. The maximum atomic E-state index is 12.8. The fraction of sp³-hybridized carbons (Fsp3) is 0.697. The van der Waals surface area contributed by atoms with E-state index in [1.165, 1.54) is 39.2 Å². The van der Waals surface area contributed by atoms with Gasteiger partial charge in [-0.3, -0.25) is 4.79 Å². The first-order valence-electron chi connectivity index (χ1n) is 14.7. The Morgan fingerprint density at radius 2 is 1.81 bits per heavy atom. The highest BCUT2D eigenvalue weighted by Crippen LogP contribution is 2.66. The second kappa shape index (κ2) is 10.2. The molecule has 0 radical (unpaired) electrons. The summed E-state index contributed by atoms with van der Waals surface area (Å²) in [6.07, 6.45) is 13.5. The molecule has 4 aliphatic carbocycles. The molecular weight excluding hydrogens is 460 g/mol. The lowest BCUT2D eigenvalue weighted by Crippen LogP contribution is -2.49. The van der Waals surface area contributed by atoms with Crippen molar-refractivity contribution in [1.82, 2.24) is 0 Å². The number of carbonyl (C=O) groups is 2. The first-order chi connectivity index (χ1) is 17.7. The molecule has 0 amide bonds. The number of methoxy groups -OCH3 is 1. The van der Waals surface area contributed by atoms with Crippen LogP contribution in [0.15, 0.2) is 35.9 Å². The van der Waals surface area contributed by atoms with E-state index in [0.717, 1.165) is 37.2 Å². The van der Waals surface area contributed by atoms with Crippen LogP contribution < -0.4 is 0 Å². The van der Waals surface area contributed by atoms with E-state index in [1.54, 1.807) is 5.57 Å². The van der Waals surface area contributed by atoms with Gasteiger partial charge in [-0.15, -0.1) is 0 Å². The summed E-state index contributed by atoms with van der Waals surface area (Å²) in [4.78, 5) is 24.5. The molecule has 0 aliphatic heterocycles. The van der Waals surface area contributed by atoms with Crippen molar-refractivity contribution >= 4 is 11.9 Å². The van der Waals surface area contributed by atoms with Crippen LogP contribution in [0.25, 0.3) is 0 Å².